The molecule has 5 heteroatoms. The summed E-state index contributed by atoms with van der Waals surface area (Å²) in [6, 6.07) is -0.188. The van der Waals surface area contributed by atoms with E-state index in [0.29, 0.717) is 12.5 Å². The second-order valence-corrected chi connectivity index (χ2v) is 5.45. The van der Waals surface area contributed by atoms with E-state index in [9.17, 15) is 4.79 Å². The second-order valence-electron chi connectivity index (χ2n) is 5.45. The first-order valence-electron chi connectivity index (χ1n) is 6.90. The van der Waals surface area contributed by atoms with Crippen molar-refractivity contribution in [2.24, 2.45) is 13.0 Å². The number of hydrogen-bond donors (Lipinski definition) is 2. The lowest BCUT2D eigenvalue weighted by Crippen LogP contribution is -2.42. The number of hydrogen-bond acceptors (Lipinski definition) is 3. The van der Waals surface area contributed by atoms with Crippen LogP contribution in [-0.4, -0.2) is 28.3 Å². The van der Waals surface area contributed by atoms with Crippen LogP contribution >= 0.6 is 0 Å². The van der Waals surface area contributed by atoms with Gasteiger partial charge in [0, 0.05) is 31.4 Å². The van der Waals surface area contributed by atoms with E-state index in [1.807, 2.05) is 31.8 Å². The third kappa shape index (κ3) is 5.03. The molecule has 108 valence electrons. The molecule has 0 spiro atoms. The average molecular weight is 266 g/mol. The van der Waals surface area contributed by atoms with Gasteiger partial charge in [0.05, 0.1) is 12.2 Å². The quantitative estimate of drug-likeness (QED) is 0.783. The maximum absolute atomic E-state index is 11.8. The lowest BCUT2D eigenvalue weighted by atomic mass is 10.1. The van der Waals surface area contributed by atoms with Crippen molar-refractivity contribution >= 4 is 5.91 Å². The van der Waals surface area contributed by atoms with Crippen molar-refractivity contribution in [1.82, 2.24) is 20.4 Å². The molecule has 1 aromatic heterocycles. The number of nitrogens with zero attached hydrogens (tertiary/aromatic N) is 2. The van der Waals surface area contributed by atoms with Gasteiger partial charge in [-0.15, -0.1) is 0 Å². The van der Waals surface area contributed by atoms with Gasteiger partial charge in [-0.1, -0.05) is 13.8 Å². The zero-order valence-corrected chi connectivity index (χ0v) is 12.7. The SMILES string of the molecule is Cc1c(CNC(C)C(=O)NCCC(C)C)cnn1C. The summed E-state index contributed by atoms with van der Waals surface area (Å²) < 4.78 is 1.84. The number of nitrogens with one attached hydrogen (secondary N) is 2. The molecule has 1 atom stereocenters. The first-order valence-corrected chi connectivity index (χ1v) is 6.90. The van der Waals surface area contributed by atoms with Crippen LogP contribution in [0.1, 0.15) is 38.4 Å². The van der Waals surface area contributed by atoms with Gasteiger partial charge in [-0.3, -0.25) is 9.48 Å². The standard InChI is InChI=1S/C14H26N4O/c1-10(2)6-7-15-14(19)11(3)16-8-13-9-17-18(5)12(13)4/h9-11,16H,6-8H2,1-5H3,(H,15,19). The molecule has 1 amide bonds. The molecule has 0 bridgehead atoms. The maximum Gasteiger partial charge on any atom is 0.236 e. The molecular weight excluding hydrogens is 240 g/mol. The molecule has 1 aromatic rings. The minimum absolute atomic E-state index is 0.0576. The molecular formula is C14H26N4O. The van der Waals surface area contributed by atoms with Crippen LogP contribution in [0.5, 0.6) is 0 Å². The van der Waals surface area contributed by atoms with Gasteiger partial charge in [-0.05, 0) is 26.2 Å². The lowest BCUT2D eigenvalue weighted by molar-refractivity contribution is -0.122. The Kier molecular flexibility index (Phi) is 6.02. The lowest BCUT2D eigenvalue weighted by Gasteiger charge is -2.14. The van der Waals surface area contributed by atoms with Gasteiger partial charge >= 0.3 is 0 Å². The van der Waals surface area contributed by atoms with Crippen LogP contribution in [-0.2, 0) is 18.4 Å². The third-order valence-electron chi connectivity index (χ3n) is 3.35. The van der Waals surface area contributed by atoms with Crippen LogP contribution in [0.2, 0.25) is 0 Å². The maximum atomic E-state index is 11.8. The number of carbonyl (C=O) groups is 1. The summed E-state index contributed by atoms with van der Waals surface area (Å²) in [6.45, 7) is 9.62. The predicted octanol–water partition coefficient (Wildman–Crippen LogP) is 1.37. The summed E-state index contributed by atoms with van der Waals surface area (Å²) in [5, 5.41) is 10.4. The first-order chi connectivity index (χ1) is 8.91. The number of rotatable bonds is 7. The van der Waals surface area contributed by atoms with Gasteiger partial charge in [0.15, 0.2) is 0 Å². The molecule has 0 radical (unpaired) electrons. The van der Waals surface area contributed by atoms with Gasteiger partial charge in [0.25, 0.3) is 0 Å². The van der Waals surface area contributed by atoms with E-state index >= 15 is 0 Å². The molecule has 0 aliphatic heterocycles. The highest BCUT2D eigenvalue weighted by Gasteiger charge is 2.12. The molecule has 0 aliphatic rings. The Morgan fingerprint density at radius 3 is 2.63 bits per heavy atom. The monoisotopic (exact) mass is 266 g/mol. The van der Waals surface area contributed by atoms with Crippen molar-refractivity contribution in [1.29, 1.82) is 0 Å². The zero-order chi connectivity index (χ0) is 14.4. The molecule has 0 fully saturated rings. The van der Waals surface area contributed by atoms with Gasteiger partial charge in [-0.2, -0.15) is 5.10 Å². The molecule has 2 N–H and O–H groups in total. The van der Waals surface area contributed by atoms with Crippen molar-refractivity contribution in [3.05, 3.63) is 17.5 Å². The van der Waals surface area contributed by atoms with Gasteiger partial charge in [0.2, 0.25) is 5.91 Å². The van der Waals surface area contributed by atoms with Crippen LogP contribution in [0.15, 0.2) is 6.20 Å². The molecule has 5 nitrogen and oxygen atoms in total. The van der Waals surface area contributed by atoms with Crippen molar-refractivity contribution in [3.63, 3.8) is 0 Å². The highest BCUT2D eigenvalue weighted by atomic mass is 16.2. The molecule has 1 unspecified atom stereocenters. The Balaban J connectivity index is 2.32. The molecule has 1 rings (SSSR count). The number of aryl methyl sites for hydroxylation is 1. The number of carbonyl (C=O) groups excluding carboxylic acids is 1. The van der Waals surface area contributed by atoms with Crippen LogP contribution in [0.4, 0.5) is 0 Å². The van der Waals surface area contributed by atoms with Crippen LogP contribution in [0.3, 0.4) is 0 Å². The Hall–Kier alpha value is -1.36. The normalized spacial score (nSPS) is 12.7. The van der Waals surface area contributed by atoms with Gasteiger partial charge < -0.3 is 10.6 Å². The summed E-state index contributed by atoms with van der Waals surface area (Å²) in [7, 11) is 1.92. The zero-order valence-electron chi connectivity index (χ0n) is 12.7. The Labute approximate surface area is 115 Å². The summed E-state index contributed by atoms with van der Waals surface area (Å²) in [5.41, 5.74) is 2.25. The van der Waals surface area contributed by atoms with Crippen molar-refractivity contribution in [2.45, 2.75) is 46.7 Å². The van der Waals surface area contributed by atoms with Crippen molar-refractivity contribution < 1.29 is 4.79 Å². The van der Waals surface area contributed by atoms with Crippen LogP contribution < -0.4 is 10.6 Å². The Morgan fingerprint density at radius 1 is 1.42 bits per heavy atom. The third-order valence-corrected chi connectivity index (χ3v) is 3.35. The van der Waals surface area contributed by atoms with E-state index in [-0.39, 0.29) is 11.9 Å². The fraction of sp³-hybridized carbons (Fsp3) is 0.714. The van der Waals surface area contributed by atoms with E-state index in [2.05, 4.69) is 29.6 Å². The van der Waals surface area contributed by atoms with E-state index in [1.54, 1.807) is 0 Å². The molecule has 1 heterocycles. The van der Waals surface area contributed by atoms with Crippen LogP contribution in [0.25, 0.3) is 0 Å². The largest absolute Gasteiger partial charge is 0.355 e. The van der Waals surface area contributed by atoms with Gasteiger partial charge in [0.1, 0.15) is 0 Å². The summed E-state index contributed by atoms with van der Waals surface area (Å²) in [5.74, 6) is 0.670. The molecule has 0 aliphatic carbocycles. The van der Waals surface area contributed by atoms with Crippen molar-refractivity contribution in [2.75, 3.05) is 6.54 Å². The fourth-order valence-electron chi connectivity index (χ4n) is 1.71. The molecule has 0 saturated heterocycles. The van der Waals surface area contributed by atoms with Crippen molar-refractivity contribution in [3.8, 4) is 0 Å². The summed E-state index contributed by atoms with van der Waals surface area (Å²) in [4.78, 5) is 11.8. The highest BCUT2D eigenvalue weighted by molar-refractivity contribution is 5.81. The Morgan fingerprint density at radius 2 is 2.11 bits per heavy atom. The molecule has 0 aromatic carbocycles. The molecule has 19 heavy (non-hydrogen) atoms. The fourth-order valence-corrected chi connectivity index (χ4v) is 1.71. The predicted molar refractivity (Wildman–Crippen MR) is 76.7 cm³/mol. The topological polar surface area (TPSA) is 59.0 Å². The minimum Gasteiger partial charge on any atom is -0.355 e. The van der Waals surface area contributed by atoms with E-state index in [1.165, 1.54) is 0 Å². The summed E-state index contributed by atoms with van der Waals surface area (Å²) >= 11 is 0. The highest BCUT2D eigenvalue weighted by Crippen LogP contribution is 2.05. The number of aromatic nitrogens is 2. The first kappa shape index (κ1) is 15.7. The van der Waals surface area contributed by atoms with E-state index in [4.69, 9.17) is 0 Å². The summed E-state index contributed by atoms with van der Waals surface area (Å²) in [6.07, 6.45) is 2.85. The van der Waals surface area contributed by atoms with E-state index < -0.39 is 0 Å². The number of amides is 1. The minimum atomic E-state index is -0.188. The Bertz CT molecular complexity index is 412. The van der Waals surface area contributed by atoms with Crippen LogP contribution in [0, 0.1) is 12.8 Å². The molecule has 0 saturated carbocycles. The smallest absolute Gasteiger partial charge is 0.236 e. The second kappa shape index (κ2) is 7.28. The van der Waals surface area contributed by atoms with Gasteiger partial charge in [-0.25, -0.2) is 0 Å². The average Bonchev–Trinajstić information content (AvgIpc) is 2.66. The van der Waals surface area contributed by atoms with E-state index in [0.717, 1.165) is 24.2 Å².